The molecule has 0 bridgehead atoms. The molecule has 1 aromatic rings. The molecular formula is C7H7F3N2O. The first kappa shape index (κ1) is 9.63. The zero-order valence-electron chi connectivity index (χ0n) is 6.72. The third-order valence-corrected chi connectivity index (χ3v) is 1.45. The normalized spacial score (nSPS) is 11.4. The van der Waals surface area contributed by atoms with Gasteiger partial charge in [0.05, 0.1) is 12.7 Å². The lowest BCUT2D eigenvalue weighted by Crippen LogP contribution is -2.10. The number of pyridine rings is 1. The van der Waals surface area contributed by atoms with Crippen LogP contribution in [-0.2, 0) is 6.18 Å². The van der Waals surface area contributed by atoms with E-state index in [2.05, 4.69) is 9.72 Å². The predicted octanol–water partition coefficient (Wildman–Crippen LogP) is 1.69. The summed E-state index contributed by atoms with van der Waals surface area (Å²) in [7, 11) is 1.21. The molecule has 0 aromatic carbocycles. The van der Waals surface area contributed by atoms with E-state index in [4.69, 9.17) is 5.73 Å². The van der Waals surface area contributed by atoms with Gasteiger partial charge in [0.2, 0.25) is 5.88 Å². The van der Waals surface area contributed by atoms with E-state index in [0.717, 1.165) is 12.3 Å². The summed E-state index contributed by atoms with van der Waals surface area (Å²) in [5.41, 5.74) is 3.75. The largest absolute Gasteiger partial charge is 0.480 e. The van der Waals surface area contributed by atoms with Gasteiger partial charge in [0.25, 0.3) is 0 Å². The number of alkyl halides is 3. The van der Waals surface area contributed by atoms with Gasteiger partial charge >= 0.3 is 6.18 Å². The second-order valence-corrected chi connectivity index (χ2v) is 2.28. The van der Waals surface area contributed by atoms with Crippen LogP contribution in [0, 0.1) is 0 Å². The van der Waals surface area contributed by atoms with E-state index in [1.165, 1.54) is 7.11 Å². The zero-order valence-corrected chi connectivity index (χ0v) is 6.72. The van der Waals surface area contributed by atoms with Crippen LogP contribution in [0.15, 0.2) is 12.3 Å². The number of ether oxygens (including phenoxy) is 1. The van der Waals surface area contributed by atoms with Crippen LogP contribution in [0.4, 0.5) is 18.9 Å². The van der Waals surface area contributed by atoms with Crippen molar-refractivity contribution in [1.82, 2.24) is 4.98 Å². The summed E-state index contributed by atoms with van der Waals surface area (Å²) in [5.74, 6) is -0.213. The summed E-state index contributed by atoms with van der Waals surface area (Å²) in [6, 6.07) is 0.803. The number of aromatic nitrogens is 1. The van der Waals surface area contributed by atoms with E-state index in [1.807, 2.05) is 0 Å². The van der Waals surface area contributed by atoms with Crippen molar-refractivity contribution < 1.29 is 17.9 Å². The maximum absolute atomic E-state index is 12.2. The van der Waals surface area contributed by atoms with Crippen molar-refractivity contribution in [2.75, 3.05) is 12.8 Å². The van der Waals surface area contributed by atoms with Crippen molar-refractivity contribution in [3.05, 3.63) is 17.8 Å². The van der Waals surface area contributed by atoms with Gasteiger partial charge in [-0.3, -0.25) is 0 Å². The van der Waals surface area contributed by atoms with Crippen molar-refractivity contribution in [1.29, 1.82) is 0 Å². The molecule has 1 rings (SSSR count). The molecule has 13 heavy (non-hydrogen) atoms. The number of halogens is 3. The van der Waals surface area contributed by atoms with E-state index in [9.17, 15) is 13.2 Å². The second kappa shape index (κ2) is 3.12. The van der Waals surface area contributed by atoms with E-state index < -0.39 is 17.4 Å². The molecule has 1 aromatic heterocycles. The number of nitrogens with zero attached hydrogens (tertiary/aromatic N) is 1. The van der Waals surface area contributed by atoms with E-state index >= 15 is 0 Å². The van der Waals surface area contributed by atoms with Gasteiger partial charge in [-0.25, -0.2) is 4.98 Å². The smallest absolute Gasteiger partial charge is 0.418 e. The Kier molecular flexibility index (Phi) is 2.31. The van der Waals surface area contributed by atoms with Gasteiger partial charge in [0, 0.05) is 6.20 Å². The Hall–Kier alpha value is -1.46. The third-order valence-electron chi connectivity index (χ3n) is 1.45. The van der Waals surface area contributed by atoms with E-state index in [-0.39, 0.29) is 5.88 Å². The molecule has 2 N–H and O–H groups in total. The first-order chi connectivity index (χ1) is 5.96. The van der Waals surface area contributed by atoms with Gasteiger partial charge < -0.3 is 10.5 Å². The molecule has 0 unspecified atom stereocenters. The molecule has 0 saturated heterocycles. The molecule has 72 valence electrons. The Morgan fingerprint density at radius 1 is 1.46 bits per heavy atom. The van der Waals surface area contributed by atoms with Crippen LogP contribution >= 0.6 is 0 Å². The number of anilines is 1. The number of nitrogens with two attached hydrogens (primary N) is 1. The van der Waals surface area contributed by atoms with Gasteiger partial charge in [0.15, 0.2) is 0 Å². The second-order valence-electron chi connectivity index (χ2n) is 2.28. The Labute approximate surface area is 72.3 Å². The minimum Gasteiger partial charge on any atom is -0.480 e. The molecule has 0 fully saturated rings. The van der Waals surface area contributed by atoms with Crippen molar-refractivity contribution in [3.8, 4) is 5.88 Å². The molecule has 0 amide bonds. The standard InChI is InChI=1S/C7H7F3N2O/c1-13-6-5(11)4(2-3-12-6)7(8,9)10/h2-3H,11H2,1H3. The van der Waals surface area contributed by atoms with Crippen LogP contribution in [0.5, 0.6) is 5.88 Å². The monoisotopic (exact) mass is 192 g/mol. The Bertz CT molecular complexity index is 311. The molecule has 6 heteroatoms. The van der Waals surface area contributed by atoms with E-state index in [1.54, 1.807) is 0 Å². The highest BCUT2D eigenvalue weighted by Gasteiger charge is 2.34. The number of rotatable bonds is 1. The summed E-state index contributed by atoms with van der Waals surface area (Å²) >= 11 is 0. The molecular weight excluding hydrogens is 185 g/mol. The fraction of sp³-hybridized carbons (Fsp3) is 0.286. The zero-order chi connectivity index (χ0) is 10.1. The molecule has 1 heterocycles. The predicted molar refractivity (Wildman–Crippen MR) is 40.2 cm³/mol. The maximum Gasteiger partial charge on any atom is 0.418 e. The first-order valence-electron chi connectivity index (χ1n) is 3.32. The molecule has 0 spiro atoms. The van der Waals surface area contributed by atoms with Crippen LogP contribution in [0.1, 0.15) is 5.56 Å². The fourth-order valence-electron chi connectivity index (χ4n) is 0.864. The van der Waals surface area contributed by atoms with Gasteiger partial charge in [-0.2, -0.15) is 13.2 Å². The average Bonchev–Trinajstić information content (AvgIpc) is 2.02. The van der Waals surface area contributed by atoms with Crippen molar-refractivity contribution >= 4 is 5.69 Å². The SMILES string of the molecule is COc1nccc(C(F)(F)F)c1N. The molecule has 0 radical (unpaired) electrons. The highest BCUT2D eigenvalue weighted by Crippen LogP contribution is 2.36. The molecule has 0 aliphatic heterocycles. The maximum atomic E-state index is 12.2. The van der Waals surface area contributed by atoms with Gasteiger partial charge in [0.1, 0.15) is 5.69 Å². The topological polar surface area (TPSA) is 48.1 Å². The average molecular weight is 192 g/mol. The lowest BCUT2D eigenvalue weighted by atomic mass is 10.2. The summed E-state index contributed by atoms with van der Waals surface area (Å²) in [5, 5.41) is 0. The summed E-state index contributed by atoms with van der Waals surface area (Å²) in [4.78, 5) is 3.52. The minimum absolute atomic E-state index is 0.213. The number of hydrogen-bond acceptors (Lipinski definition) is 3. The number of methoxy groups -OCH3 is 1. The highest BCUT2D eigenvalue weighted by molar-refractivity contribution is 5.55. The Morgan fingerprint density at radius 2 is 2.08 bits per heavy atom. The van der Waals surface area contributed by atoms with Crippen LogP contribution in [-0.4, -0.2) is 12.1 Å². The first-order valence-corrected chi connectivity index (χ1v) is 3.32. The van der Waals surface area contributed by atoms with Gasteiger partial charge in [-0.1, -0.05) is 0 Å². The highest BCUT2D eigenvalue weighted by atomic mass is 19.4. The lowest BCUT2D eigenvalue weighted by Gasteiger charge is -2.10. The van der Waals surface area contributed by atoms with Crippen molar-refractivity contribution in [2.24, 2.45) is 0 Å². The third kappa shape index (κ3) is 1.82. The molecule has 0 atom stereocenters. The van der Waals surface area contributed by atoms with Crippen LogP contribution < -0.4 is 10.5 Å². The Balaban J connectivity index is 3.24. The molecule has 0 aliphatic carbocycles. The van der Waals surface area contributed by atoms with Crippen molar-refractivity contribution in [3.63, 3.8) is 0 Å². The number of hydrogen-bond donors (Lipinski definition) is 1. The Morgan fingerprint density at radius 3 is 2.54 bits per heavy atom. The summed E-state index contributed by atoms with van der Waals surface area (Å²) in [6.45, 7) is 0. The van der Waals surface area contributed by atoms with Crippen LogP contribution in [0.25, 0.3) is 0 Å². The summed E-state index contributed by atoms with van der Waals surface area (Å²) in [6.07, 6.45) is -3.47. The van der Waals surface area contributed by atoms with E-state index in [0.29, 0.717) is 0 Å². The number of nitrogen functional groups attached to an aromatic ring is 1. The summed E-state index contributed by atoms with van der Waals surface area (Å²) < 4.78 is 41.1. The molecule has 0 saturated carbocycles. The molecule has 0 aliphatic rings. The minimum atomic E-state index is -4.47. The van der Waals surface area contributed by atoms with Crippen molar-refractivity contribution in [2.45, 2.75) is 6.18 Å². The molecule has 3 nitrogen and oxygen atoms in total. The fourth-order valence-corrected chi connectivity index (χ4v) is 0.864. The van der Waals surface area contributed by atoms with Gasteiger partial charge in [-0.15, -0.1) is 0 Å². The quantitative estimate of drug-likeness (QED) is 0.736. The van der Waals surface area contributed by atoms with Crippen LogP contribution in [0.2, 0.25) is 0 Å². The van der Waals surface area contributed by atoms with Crippen LogP contribution in [0.3, 0.4) is 0 Å². The van der Waals surface area contributed by atoms with Gasteiger partial charge in [-0.05, 0) is 6.07 Å². The lowest BCUT2D eigenvalue weighted by molar-refractivity contribution is -0.137.